The van der Waals surface area contributed by atoms with Gasteiger partial charge in [0, 0.05) is 30.5 Å². The number of aromatic nitrogens is 3. The van der Waals surface area contributed by atoms with E-state index < -0.39 is 0 Å². The topological polar surface area (TPSA) is 104 Å². The number of thiazole rings is 1. The fraction of sp³-hybridized carbons (Fsp3) is 0.435. The number of hydrogen-bond acceptors (Lipinski definition) is 9. The number of nitrogens with two attached hydrogens (primary N) is 1. The minimum atomic E-state index is 0.122. The van der Waals surface area contributed by atoms with Gasteiger partial charge < -0.3 is 25.3 Å². The Bertz CT molecular complexity index is 1060. The first-order chi connectivity index (χ1) is 15.4. The molecule has 3 rings (SSSR count). The monoisotopic (exact) mass is 457 g/mol. The van der Waals surface area contributed by atoms with Gasteiger partial charge in [0.05, 0.1) is 37.1 Å². The van der Waals surface area contributed by atoms with Gasteiger partial charge in [-0.3, -0.25) is 0 Å². The fourth-order valence-electron chi connectivity index (χ4n) is 3.38. The number of methoxy groups -OCH3 is 3. The molecular formula is C23H31N5O3S. The first-order valence-electron chi connectivity index (χ1n) is 10.5. The number of ether oxygens (including phenoxy) is 3. The predicted molar refractivity (Wildman–Crippen MR) is 130 cm³/mol. The molecule has 9 heteroatoms. The van der Waals surface area contributed by atoms with Crippen LogP contribution in [0, 0.1) is 0 Å². The van der Waals surface area contributed by atoms with Crippen molar-refractivity contribution in [1.82, 2.24) is 15.0 Å². The normalized spacial score (nSPS) is 12.9. The molecule has 32 heavy (non-hydrogen) atoms. The highest BCUT2D eigenvalue weighted by Gasteiger charge is 2.24. The Morgan fingerprint density at radius 2 is 1.88 bits per heavy atom. The maximum atomic E-state index is 6.03. The molecule has 2 heterocycles. The van der Waals surface area contributed by atoms with Crippen LogP contribution in [-0.4, -0.2) is 48.9 Å². The first kappa shape index (κ1) is 23.7. The van der Waals surface area contributed by atoms with Gasteiger partial charge in [0.15, 0.2) is 5.13 Å². The molecule has 2 aromatic heterocycles. The summed E-state index contributed by atoms with van der Waals surface area (Å²) in [6.45, 7) is 6.95. The zero-order valence-electron chi connectivity index (χ0n) is 19.4. The van der Waals surface area contributed by atoms with Gasteiger partial charge in [-0.1, -0.05) is 25.2 Å². The molecule has 2 unspecified atom stereocenters. The third-order valence-electron chi connectivity index (χ3n) is 5.24. The molecule has 3 N–H and O–H groups in total. The molecule has 0 amide bonds. The Balaban J connectivity index is 2.20. The summed E-state index contributed by atoms with van der Waals surface area (Å²) in [5.41, 5.74) is 9.36. The van der Waals surface area contributed by atoms with Gasteiger partial charge in [-0.05, 0) is 37.5 Å². The summed E-state index contributed by atoms with van der Waals surface area (Å²) in [6, 6.07) is 5.77. The van der Waals surface area contributed by atoms with Crippen molar-refractivity contribution in [2.45, 2.75) is 39.2 Å². The van der Waals surface area contributed by atoms with Crippen molar-refractivity contribution in [2.75, 3.05) is 39.0 Å². The summed E-state index contributed by atoms with van der Waals surface area (Å²) in [7, 11) is 4.96. The zero-order chi connectivity index (χ0) is 23.3. The smallest absolute Gasteiger partial charge is 0.220 e. The highest BCUT2D eigenvalue weighted by Crippen LogP contribution is 2.44. The van der Waals surface area contributed by atoms with Crippen molar-refractivity contribution < 1.29 is 14.2 Å². The molecule has 0 bridgehead atoms. The Morgan fingerprint density at radius 3 is 2.53 bits per heavy atom. The van der Waals surface area contributed by atoms with E-state index in [1.54, 1.807) is 38.9 Å². The van der Waals surface area contributed by atoms with Crippen LogP contribution in [0.3, 0.4) is 0 Å². The van der Waals surface area contributed by atoms with E-state index in [0.29, 0.717) is 18.1 Å². The quantitative estimate of drug-likeness (QED) is 0.446. The van der Waals surface area contributed by atoms with Gasteiger partial charge >= 0.3 is 0 Å². The number of rotatable bonds is 10. The SMILES string of the molecule is CCC(C)c1nc(NC(C)COC)sc1-c1nc(N)ncc1-c1cc(OC)ccc1OC. The second-order valence-corrected chi connectivity index (χ2v) is 8.60. The predicted octanol–water partition coefficient (Wildman–Crippen LogP) is 4.83. The van der Waals surface area contributed by atoms with E-state index >= 15 is 0 Å². The molecule has 8 nitrogen and oxygen atoms in total. The van der Waals surface area contributed by atoms with Crippen LogP contribution in [0.2, 0.25) is 0 Å². The van der Waals surface area contributed by atoms with Crippen molar-refractivity contribution in [3.05, 3.63) is 30.1 Å². The van der Waals surface area contributed by atoms with Crippen LogP contribution in [0.5, 0.6) is 11.5 Å². The molecule has 0 aliphatic carbocycles. The molecule has 0 aliphatic heterocycles. The lowest BCUT2D eigenvalue weighted by atomic mass is 9.98. The van der Waals surface area contributed by atoms with Gasteiger partial charge in [-0.2, -0.15) is 0 Å². The Morgan fingerprint density at radius 1 is 1.09 bits per heavy atom. The van der Waals surface area contributed by atoms with Gasteiger partial charge in [0.25, 0.3) is 0 Å². The Kier molecular flexibility index (Phi) is 7.87. The average Bonchev–Trinajstić information content (AvgIpc) is 3.21. The van der Waals surface area contributed by atoms with Crippen LogP contribution < -0.4 is 20.5 Å². The van der Waals surface area contributed by atoms with Crippen LogP contribution in [0.4, 0.5) is 11.1 Å². The molecule has 172 valence electrons. The highest BCUT2D eigenvalue weighted by atomic mass is 32.1. The number of nitrogen functional groups attached to an aromatic ring is 1. The molecule has 3 aromatic rings. The number of hydrogen-bond donors (Lipinski definition) is 2. The van der Waals surface area contributed by atoms with Crippen LogP contribution in [0.1, 0.15) is 38.8 Å². The molecule has 1 aromatic carbocycles. The average molecular weight is 458 g/mol. The summed E-state index contributed by atoms with van der Waals surface area (Å²) in [6.07, 6.45) is 2.68. The minimum Gasteiger partial charge on any atom is -0.497 e. The summed E-state index contributed by atoms with van der Waals surface area (Å²) >= 11 is 1.56. The lowest BCUT2D eigenvalue weighted by Gasteiger charge is -2.15. The summed E-state index contributed by atoms with van der Waals surface area (Å²) in [4.78, 5) is 14.8. The fourth-order valence-corrected chi connectivity index (χ4v) is 4.58. The number of nitrogens with one attached hydrogen (secondary N) is 1. The third-order valence-corrected chi connectivity index (χ3v) is 6.25. The minimum absolute atomic E-state index is 0.122. The summed E-state index contributed by atoms with van der Waals surface area (Å²) < 4.78 is 16.3. The standard InChI is InChI=1S/C23H31N5O3S/c1-7-13(2)19-21(32-23(28-19)26-14(3)12-29-4)20-17(11-25-22(24)27-20)16-10-15(30-5)8-9-18(16)31-6/h8-11,13-14H,7,12H2,1-6H3,(H,26,28)(H2,24,25,27). The zero-order valence-corrected chi connectivity index (χ0v) is 20.2. The third kappa shape index (κ3) is 5.11. The van der Waals surface area contributed by atoms with E-state index in [0.717, 1.165) is 38.9 Å². The maximum absolute atomic E-state index is 6.03. The summed E-state index contributed by atoms with van der Waals surface area (Å²) in [5, 5.41) is 4.25. The van der Waals surface area contributed by atoms with Crippen LogP contribution in [0.15, 0.2) is 24.4 Å². The van der Waals surface area contributed by atoms with E-state index in [1.807, 2.05) is 18.2 Å². The largest absolute Gasteiger partial charge is 0.497 e. The van der Waals surface area contributed by atoms with Gasteiger partial charge in [0.2, 0.25) is 5.95 Å². The van der Waals surface area contributed by atoms with E-state index in [-0.39, 0.29) is 17.9 Å². The van der Waals surface area contributed by atoms with Crippen molar-refractivity contribution in [3.8, 4) is 33.2 Å². The summed E-state index contributed by atoms with van der Waals surface area (Å²) in [5.74, 6) is 1.86. The number of nitrogens with zero attached hydrogens (tertiary/aromatic N) is 3. The van der Waals surface area contributed by atoms with Crippen molar-refractivity contribution in [1.29, 1.82) is 0 Å². The Hall–Kier alpha value is -2.91. The molecule has 0 fully saturated rings. The van der Waals surface area contributed by atoms with Crippen molar-refractivity contribution in [3.63, 3.8) is 0 Å². The van der Waals surface area contributed by atoms with Crippen LogP contribution in [-0.2, 0) is 4.74 Å². The lowest BCUT2D eigenvalue weighted by molar-refractivity contribution is 0.190. The second-order valence-electron chi connectivity index (χ2n) is 7.60. The van der Waals surface area contributed by atoms with Crippen LogP contribution >= 0.6 is 11.3 Å². The number of benzene rings is 1. The maximum Gasteiger partial charge on any atom is 0.220 e. The molecule has 2 atom stereocenters. The molecule has 0 radical (unpaired) electrons. The second kappa shape index (κ2) is 10.6. The van der Waals surface area contributed by atoms with Gasteiger partial charge in [0.1, 0.15) is 11.5 Å². The first-order valence-corrected chi connectivity index (χ1v) is 11.3. The molecule has 0 saturated heterocycles. The van der Waals surface area contributed by atoms with Gasteiger partial charge in [-0.25, -0.2) is 15.0 Å². The van der Waals surface area contributed by atoms with Crippen molar-refractivity contribution >= 4 is 22.4 Å². The van der Waals surface area contributed by atoms with E-state index in [2.05, 4.69) is 36.1 Å². The van der Waals surface area contributed by atoms with Crippen LogP contribution in [0.25, 0.3) is 21.7 Å². The van der Waals surface area contributed by atoms with Gasteiger partial charge in [-0.15, -0.1) is 0 Å². The molecular weight excluding hydrogens is 426 g/mol. The number of anilines is 2. The Labute approximate surface area is 193 Å². The molecule has 0 saturated carbocycles. The van der Waals surface area contributed by atoms with Crippen molar-refractivity contribution in [2.24, 2.45) is 0 Å². The van der Waals surface area contributed by atoms with E-state index in [1.165, 1.54) is 0 Å². The molecule has 0 spiro atoms. The highest BCUT2D eigenvalue weighted by molar-refractivity contribution is 7.19. The lowest BCUT2D eigenvalue weighted by Crippen LogP contribution is -2.20. The van der Waals surface area contributed by atoms with E-state index in [4.69, 9.17) is 24.9 Å². The molecule has 0 aliphatic rings. The van der Waals surface area contributed by atoms with E-state index in [9.17, 15) is 0 Å².